The minimum Gasteiger partial charge on any atom is -0.392 e. The molecule has 0 aliphatic carbocycles. The Kier molecular flexibility index (Phi) is 7.08. The molecule has 0 radical (unpaired) electrons. The summed E-state index contributed by atoms with van der Waals surface area (Å²) in [6.45, 7) is 2.58. The van der Waals surface area contributed by atoms with Crippen molar-refractivity contribution in [3.8, 4) is 0 Å². The lowest BCUT2D eigenvalue weighted by molar-refractivity contribution is 0.159. The molecule has 86 valence electrons. The third-order valence-electron chi connectivity index (χ3n) is 1.81. The van der Waals surface area contributed by atoms with E-state index in [4.69, 9.17) is 4.55 Å². The summed E-state index contributed by atoms with van der Waals surface area (Å²) in [5.74, 6) is -0.312. The van der Waals surface area contributed by atoms with Crippen LogP contribution in [0, 0.1) is 0 Å². The minimum absolute atomic E-state index is 0.169. The predicted molar refractivity (Wildman–Crippen MR) is 54.8 cm³/mol. The summed E-state index contributed by atoms with van der Waals surface area (Å²) < 4.78 is 29.0. The van der Waals surface area contributed by atoms with Crippen LogP contribution in [0.5, 0.6) is 0 Å². The van der Waals surface area contributed by atoms with Crippen LogP contribution in [0.3, 0.4) is 0 Å². The summed E-state index contributed by atoms with van der Waals surface area (Å²) >= 11 is 0. The molecule has 0 heterocycles. The third kappa shape index (κ3) is 9.91. The molecule has 0 rings (SSSR count). The van der Waals surface area contributed by atoms with E-state index in [-0.39, 0.29) is 12.3 Å². The van der Waals surface area contributed by atoms with Gasteiger partial charge in [-0.3, -0.25) is 4.55 Å². The van der Waals surface area contributed by atoms with Crippen molar-refractivity contribution in [1.82, 2.24) is 5.32 Å². The summed E-state index contributed by atoms with van der Waals surface area (Å²) in [6.07, 6.45) is 2.27. The lowest BCUT2D eigenvalue weighted by Crippen LogP contribution is -2.30. The van der Waals surface area contributed by atoms with Gasteiger partial charge in [0, 0.05) is 13.1 Å². The van der Waals surface area contributed by atoms with Crippen molar-refractivity contribution >= 4 is 10.1 Å². The second kappa shape index (κ2) is 7.17. The van der Waals surface area contributed by atoms with E-state index in [0.29, 0.717) is 6.54 Å². The van der Waals surface area contributed by atoms with Gasteiger partial charge in [-0.15, -0.1) is 0 Å². The average Bonchev–Trinajstić information content (AvgIpc) is 2.07. The molecule has 0 amide bonds. The lowest BCUT2D eigenvalue weighted by atomic mass is 10.1. The molecule has 0 aromatic heterocycles. The number of unbranched alkanes of at least 4 members (excludes halogenated alkanes) is 1. The Hall–Kier alpha value is -0.170. The monoisotopic (exact) mass is 225 g/mol. The lowest BCUT2D eigenvalue weighted by Gasteiger charge is -2.10. The van der Waals surface area contributed by atoms with Gasteiger partial charge in [0.1, 0.15) is 0 Å². The number of hydrogen-bond acceptors (Lipinski definition) is 4. The van der Waals surface area contributed by atoms with E-state index in [9.17, 15) is 13.5 Å². The molecule has 3 N–H and O–H groups in total. The summed E-state index contributed by atoms with van der Waals surface area (Å²) in [5.41, 5.74) is 0. The standard InChI is InChI=1S/C8H19NO4S/c1-2-3-4-8(10)7-9-5-6-14(11,12)13/h8-10H,2-7H2,1H3,(H,11,12,13). The largest absolute Gasteiger partial charge is 0.392 e. The Balaban J connectivity index is 3.36. The molecule has 0 aliphatic heterocycles. The summed E-state index contributed by atoms with van der Waals surface area (Å²) in [4.78, 5) is 0. The Morgan fingerprint density at radius 1 is 1.43 bits per heavy atom. The molecule has 0 saturated carbocycles. The van der Waals surface area contributed by atoms with Crippen LogP contribution in [0.2, 0.25) is 0 Å². The van der Waals surface area contributed by atoms with Gasteiger partial charge >= 0.3 is 0 Å². The first-order valence-electron chi connectivity index (χ1n) is 4.79. The van der Waals surface area contributed by atoms with Gasteiger partial charge in [-0.1, -0.05) is 19.8 Å². The first-order chi connectivity index (χ1) is 6.45. The van der Waals surface area contributed by atoms with Gasteiger partial charge in [0.2, 0.25) is 0 Å². The fraction of sp³-hybridized carbons (Fsp3) is 1.00. The van der Waals surface area contributed by atoms with Crippen molar-refractivity contribution in [3.05, 3.63) is 0 Å². The normalized spacial score (nSPS) is 14.2. The van der Waals surface area contributed by atoms with Crippen LogP contribution in [0.4, 0.5) is 0 Å². The molecule has 0 aromatic rings. The molecule has 0 bridgehead atoms. The topological polar surface area (TPSA) is 86.6 Å². The van der Waals surface area contributed by atoms with E-state index in [1.807, 2.05) is 6.92 Å². The highest BCUT2D eigenvalue weighted by Crippen LogP contribution is 1.98. The smallest absolute Gasteiger partial charge is 0.266 e. The van der Waals surface area contributed by atoms with Crippen LogP contribution in [0.25, 0.3) is 0 Å². The van der Waals surface area contributed by atoms with Crippen molar-refractivity contribution < 1.29 is 18.1 Å². The highest BCUT2D eigenvalue weighted by Gasteiger charge is 2.05. The van der Waals surface area contributed by atoms with Crippen LogP contribution >= 0.6 is 0 Å². The number of hydrogen-bond donors (Lipinski definition) is 3. The zero-order valence-electron chi connectivity index (χ0n) is 8.44. The SMILES string of the molecule is CCCCC(O)CNCCS(=O)(=O)O. The fourth-order valence-corrected chi connectivity index (χ4v) is 1.41. The predicted octanol–water partition coefficient (Wildman–Crippen LogP) is 0.0149. The van der Waals surface area contributed by atoms with Crippen LogP contribution in [-0.4, -0.2) is 43.0 Å². The van der Waals surface area contributed by atoms with E-state index in [1.54, 1.807) is 0 Å². The summed E-state index contributed by atoms with van der Waals surface area (Å²) in [7, 11) is -3.88. The first kappa shape index (κ1) is 13.8. The van der Waals surface area contributed by atoms with Crippen LogP contribution < -0.4 is 5.32 Å². The zero-order chi connectivity index (χ0) is 11.0. The van der Waals surface area contributed by atoms with Gasteiger partial charge in [0.05, 0.1) is 11.9 Å². The fourth-order valence-electron chi connectivity index (χ4n) is 1.01. The van der Waals surface area contributed by atoms with Crippen LogP contribution in [0.1, 0.15) is 26.2 Å². The Bertz CT molecular complexity index is 227. The van der Waals surface area contributed by atoms with E-state index in [0.717, 1.165) is 19.3 Å². The van der Waals surface area contributed by atoms with Crippen molar-refractivity contribution in [2.24, 2.45) is 0 Å². The van der Waals surface area contributed by atoms with E-state index in [1.165, 1.54) is 0 Å². The molecule has 5 nitrogen and oxygen atoms in total. The molecule has 0 aromatic carbocycles. The minimum atomic E-state index is -3.88. The molecule has 0 spiro atoms. The highest BCUT2D eigenvalue weighted by molar-refractivity contribution is 7.85. The summed E-state index contributed by atoms with van der Waals surface area (Å²) in [5, 5.41) is 12.1. The van der Waals surface area contributed by atoms with Crippen molar-refractivity contribution in [2.75, 3.05) is 18.8 Å². The molecule has 0 aliphatic rings. The quantitative estimate of drug-likeness (QED) is 0.400. The molecule has 1 atom stereocenters. The molecule has 6 heteroatoms. The second-order valence-electron chi connectivity index (χ2n) is 3.29. The highest BCUT2D eigenvalue weighted by atomic mass is 32.2. The molecule has 14 heavy (non-hydrogen) atoms. The van der Waals surface area contributed by atoms with E-state index in [2.05, 4.69) is 5.32 Å². The third-order valence-corrected chi connectivity index (χ3v) is 2.53. The number of aliphatic hydroxyl groups excluding tert-OH is 1. The molecule has 1 unspecified atom stereocenters. The van der Waals surface area contributed by atoms with Crippen molar-refractivity contribution in [3.63, 3.8) is 0 Å². The number of nitrogens with one attached hydrogen (secondary N) is 1. The van der Waals surface area contributed by atoms with Gasteiger partial charge in [0.25, 0.3) is 10.1 Å². The molecule has 0 fully saturated rings. The van der Waals surface area contributed by atoms with Gasteiger partial charge in [-0.05, 0) is 6.42 Å². The van der Waals surface area contributed by atoms with E-state index >= 15 is 0 Å². The van der Waals surface area contributed by atoms with Crippen molar-refractivity contribution in [1.29, 1.82) is 0 Å². The molecule has 0 saturated heterocycles. The maximum absolute atomic E-state index is 10.3. The Morgan fingerprint density at radius 2 is 2.07 bits per heavy atom. The second-order valence-corrected chi connectivity index (χ2v) is 4.86. The maximum Gasteiger partial charge on any atom is 0.266 e. The van der Waals surface area contributed by atoms with Crippen LogP contribution in [0.15, 0.2) is 0 Å². The van der Waals surface area contributed by atoms with Crippen LogP contribution in [-0.2, 0) is 10.1 Å². The maximum atomic E-state index is 10.3. The Labute approximate surface area is 85.3 Å². The molecular weight excluding hydrogens is 206 g/mol. The zero-order valence-corrected chi connectivity index (χ0v) is 9.26. The first-order valence-corrected chi connectivity index (χ1v) is 6.40. The van der Waals surface area contributed by atoms with Gasteiger partial charge in [-0.25, -0.2) is 0 Å². The summed E-state index contributed by atoms with van der Waals surface area (Å²) in [6, 6.07) is 0. The number of aliphatic hydroxyl groups is 1. The van der Waals surface area contributed by atoms with Gasteiger partial charge in [-0.2, -0.15) is 8.42 Å². The molecular formula is C8H19NO4S. The average molecular weight is 225 g/mol. The van der Waals surface area contributed by atoms with Gasteiger partial charge < -0.3 is 10.4 Å². The Morgan fingerprint density at radius 3 is 2.57 bits per heavy atom. The number of rotatable bonds is 8. The van der Waals surface area contributed by atoms with E-state index < -0.39 is 16.2 Å². The van der Waals surface area contributed by atoms with Gasteiger partial charge in [0.15, 0.2) is 0 Å². The van der Waals surface area contributed by atoms with Crippen molar-refractivity contribution in [2.45, 2.75) is 32.3 Å².